The van der Waals surface area contributed by atoms with E-state index in [1.807, 2.05) is 13.8 Å². The highest BCUT2D eigenvalue weighted by Gasteiger charge is 2.26. The van der Waals surface area contributed by atoms with Gasteiger partial charge in [0, 0.05) is 51.0 Å². The molecule has 3 rings (SSSR count). The van der Waals surface area contributed by atoms with Gasteiger partial charge in [0.05, 0.1) is 0 Å². The Morgan fingerprint density at radius 1 is 1.10 bits per heavy atom. The maximum absolute atomic E-state index is 12.4. The zero-order chi connectivity index (χ0) is 21.3. The van der Waals surface area contributed by atoms with Gasteiger partial charge in [-0.05, 0) is 63.3 Å². The number of aromatic nitrogens is 2. The Balaban J connectivity index is 1.71. The molecule has 1 atom stereocenters. The molecule has 156 valence electrons. The van der Waals surface area contributed by atoms with Gasteiger partial charge < -0.3 is 15.1 Å². The predicted molar refractivity (Wildman–Crippen MR) is 118 cm³/mol. The number of benzene rings is 1. The third kappa shape index (κ3) is 4.42. The summed E-state index contributed by atoms with van der Waals surface area (Å²) in [4.78, 5) is 25.2. The van der Waals surface area contributed by atoms with Crippen molar-refractivity contribution in [3.8, 4) is 0 Å². The number of nitrogens with zero attached hydrogens (tertiary/aromatic N) is 4. The lowest BCUT2D eigenvalue weighted by atomic mass is 9.99. The maximum atomic E-state index is 12.4. The van der Waals surface area contributed by atoms with E-state index in [2.05, 4.69) is 53.1 Å². The highest BCUT2D eigenvalue weighted by atomic mass is 16.2. The van der Waals surface area contributed by atoms with E-state index in [0.717, 1.165) is 43.1 Å². The first-order valence-corrected chi connectivity index (χ1v) is 10.3. The number of carbonyl (C=O) groups excluding carboxylic acids is 1. The number of hydrogen-bond acceptors (Lipinski definition) is 5. The van der Waals surface area contributed by atoms with Crippen LogP contribution in [-0.4, -0.2) is 54.0 Å². The van der Waals surface area contributed by atoms with Crippen LogP contribution in [0.25, 0.3) is 0 Å². The molecule has 0 spiro atoms. The molecule has 0 unspecified atom stereocenters. The predicted octanol–water partition coefficient (Wildman–Crippen LogP) is 3.09. The summed E-state index contributed by atoms with van der Waals surface area (Å²) < 4.78 is 0. The lowest BCUT2D eigenvalue weighted by Gasteiger charge is -2.22. The Hall–Kier alpha value is -2.47. The van der Waals surface area contributed by atoms with Gasteiger partial charge in [0.15, 0.2) is 0 Å². The maximum Gasteiger partial charge on any atom is 0.291 e. The molecule has 1 saturated heterocycles. The average Bonchev–Trinajstić information content (AvgIpc) is 3.15. The minimum atomic E-state index is -0.159. The molecule has 1 aromatic heterocycles. The molecule has 1 amide bonds. The highest BCUT2D eigenvalue weighted by Crippen LogP contribution is 2.25. The molecule has 1 fully saturated rings. The molecule has 1 aliphatic rings. The molecule has 0 radical (unpaired) electrons. The second-order valence-corrected chi connectivity index (χ2v) is 8.38. The van der Waals surface area contributed by atoms with Gasteiger partial charge in [0.1, 0.15) is 5.82 Å². The SMILES string of the molecule is Cc1ccc(CN[C@@H]2CCN(c3nc(C(=O)N(C)C)nc(C)c3C)C2)c(C)c1C. The van der Waals surface area contributed by atoms with Gasteiger partial charge in [0.25, 0.3) is 5.91 Å². The fraction of sp³-hybridized carbons (Fsp3) is 0.522. The van der Waals surface area contributed by atoms with Crippen LogP contribution in [0.2, 0.25) is 0 Å². The van der Waals surface area contributed by atoms with E-state index >= 15 is 0 Å². The largest absolute Gasteiger partial charge is 0.355 e. The van der Waals surface area contributed by atoms with Crippen LogP contribution in [0.15, 0.2) is 12.1 Å². The first-order valence-electron chi connectivity index (χ1n) is 10.3. The van der Waals surface area contributed by atoms with Gasteiger partial charge in [-0.2, -0.15) is 0 Å². The van der Waals surface area contributed by atoms with Gasteiger partial charge in [-0.15, -0.1) is 0 Å². The monoisotopic (exact) mass is 395 g/mol. The summed E-state index contributed by atoms with van der Waals surface area (Å²) in [5.74, 6) is 0.998. The number of anilines is 1. The first-order chi connectivity index (χ1) is 13.7. The molecule has 2 heterocycles. The van der Waals surface area contributed by atoms with Gasteiger partial charge in [0.2, 0.25) is 5.82 Å². The molecule has 1 aliphatic heterocycles. The van der Waals surface area contributed by atoms with Gasteiger partial charge in [-0.1, -0.05) is 12.1 Å². The summed E-state index contributed by atoms with van der Waals surface area (Å²) in [6, 6.07) is 4.84. The van der Waals surface area contributed by atoms with Crippen molar-refractivity contribution in [2.24, 2.45) is 0 Å². The van der Waals surface area contributed by atoms with E-state index in [1.54, 1.807) is 14.1 Å². The summed E-state index contributed by atoms with van der Waals surface area (Å²) in [5.41, 5.74) is 7.37. The van der Waals surface area contributed by atoms with Crippen LogP contribution in [0.1, 0.15) is 50.6 Å². The Kier molecular flexibility index (Phi) is 6.22. The lowest BCUT2D eigenvalue weighted by molar-refractivity contribution is 0.0815. The Morgan fingerprint density at radius 2 is 1.83 bits per heavy atom. The number of nitrogens with one attached hydrogen (secondary N) is 1. The smallest absolute Gasteiger partial charge is 0.291 e. The van der Waals surface area contributed by atoms with Crippen molar-refractivity contribution in [2.45, 2.75) is 53.6 Å². The Morgan fingerprint density at radius 3 is 2.52 bits per heavy atom. The summed E-state index contributed by atoms with van der Waals surface area (Å²) >= 11 is 0. The first kappa shape index (κ1) is 21.2. The minimum Gasteiger partial charge on any atom is -0.355 e. The number of aryl methyl sites for hydroxylation is 2. The highest BCUT2D eigenvalue weighted by molar-refractivity contribution is 5.90. The topological polar surface area (TPSA) is 61.4 Å². The molecule has 0 bridgehead atoms. The number of amides is 1. The van der Waals surface area contributed by atoms with Crippen LogP contribution >= 0.6 is 0 Å². The van der Waals surface area contributed by atoms with Crippen molar-refractivity contribution in [1.29, 1.82) is 0 Å². The van der Waals surface area contributed by atoms with Crippen molar-refractivity contribution in [3.63, 3.8) is 0 Å². The molecule has 0 aliphatic carbocycles. The second kappa shape index (κ2) is 8.49. The Labute approximate surface area is 174 Å². The fourth-order valence-electron chi connectivity index (χ4n) is 3.79. The molecule has 6 nitrogen and oxygen atoms in total. The average molecular weight is 396 g/mol. The van der Waals surface area contributed by atoms with E-state index in [9.17, 15) is 4.79 Å². The van der Waals surface area contributed by atoms with E-state index in [0.29, 0.717) is 6.04 Å². The number of hydrogen-bond donors (Lipinski definition) is 1. The Bertz CT molecular complexity index is 922. The van der Waals surface area contributed by atoms with Crippen molar-refractivity contribution in [3.05, 3.63) is 51.5 Å². The van der Waals surface area contributed by atoms with Crippen LogP contribution in [0.5, 0.6) is 0 Å². The minimum absolute atomic E-state index is 0.159. The normalized spacial score (nSPS) is 16.4. The molecular formula is C23H33N5O. The molecule has 6 heteroatoms. The summed E-state index contributed by atoms with van der Waals surface area (Å²) in [7, 11) is 3.45. The van der Waals surface area contributed by atoms with Crippen molar-refractivity contribution in [1.82, 2.24) is 20.2 Å². The van der Waals surface area contributed by atoms with Crippen molar-refractivity contribution >= 4 is 11.7 Å². The molecule has 0 saturated carbocycles. The molecule has 1 N–H and O–H groups in total. The van der Waals surface area contributed by atoms with Crippen LogP contribution in [0.3, 0.4) is 0 Å². The lowest BCUT2D eigenvalue weighted by Crippen LogP contribution is -2.33. The van der Waals surface area contributed by atoms with E-state index in [-0.39, 0.29) is 11.7 Å². The second-order valence-electron chi connectivity index (χ2n) is 8.38. The quantitative estimate of drug-likeness (QED) is 0.843. The number of carbonyl (C=O) groups is 1. The summed E-state index contributed by atoms with van der Waals surface area (Å²) in [6.07, 6.45) is 1.06. The standard InChI is InChI=1S/C23H33N5O/c1-14-8-9-19(16(3)15(14)2)12-24-20-10-11-28(13-20)22-17(4)18(5)25-21(26-22)23(29)27(6)7/h8-9,20,24H,10-13H2,1-7H3/t20-/m1/s1. The van der Waals surface area contributed by atoms with Gasteiger partial charge in [-0.25, -0.2) is 9.97 Å². The van der Waals surface area contributed by atoms with Crippen molar-refractivity contribution < 1.29 is 4.79 Å². The van der Waals surface area contributed by atoms with E-state index < -0.39 is 0 Å². The van der Waals surface area contributed by atoms with Gasteiger partial charge in [-0.3, -0.25) is 4.79 Å². The van der Waals surface area contributed by atoms with E-state index in [1.165, 1.54) is 27.2 Å². The molecule has 29 heavy (non-hydrogen) atoms. The van der Waals surface area contributed by atoms with Crippen LogP contribution in [0, 0.1) is 34.6 Å². The summed E-state index contributed by atoms with van der Waals surface area (Å²) in [5, 5.41) is 3.71. The zero-order valence-corrected chi connectivity index (χ0v) is 18.8. The molecule has 2 aromatic rings. The third-order valence-corrected chi connectivity index (χ3v) is 6.20. The molecule has 1 aromatic carbocycles. The van der Waals surface area contributed by atoms with Crippen LogP contribution in [-0.2, 0) is 6.54 Å². The zero-order valence-electron chi connectivity index (χ0n) is 18.8. The number of rotatable bonds is 5. The fourth-order valence-corrected chi connectivity index (χ4v) is 3.79. The van der Waals surface area contributed by atoms with Gasteiger partial charge >= 0.3 is 0 Å². The van der Waals surface area contributed by atoms with Crippen LogP contribution < -0.4 is 10.2 Å². The van der Waals surface area contributed by atoms with Crippen molar-refractivity contribution in [2.75, 3.05) is 32.1 Å². The summed E-state index contributed by atoms with van der Waals surface area (Å²) in [6.45, 7) is 13.2. The third-order valence-electron chi connectivity index (χ3n) is 6.20. The molecular weight excluding hydrogens is 362 g/mol. The van der Waals surface area contributed by atoms with E-state index in [4.69, 9.17) is 0 Å². The van der Waals surface area contributed by atoms with Crippen LogP contribution in [0.4, 0.5) is 5.82 Å².